The number of anilines is 2. The fraction of sp³-hybridized carbons (Fsp3) is 0.0952. The summed E-state index contributed by atoms with van der Waals surface area (Å²) in [6.45, 7) is 0.435. The van der Waals surface area contributed by atoms with Crippen LogP contribution in [0.25, 0.3) is 16.9 Å². The summed E-state index contributed by atoms with van der Waals surface area (Å²) in [5, 5.41) is 14.9. The van der Waals surface area contributed by atoms with E-state index in [0.29, 0.717) is 12.5 Å². The largest absolute Gasteiger partial charge is 0.348 e. The highest BCUT2D eigenvalue weighted by molar-refractivity contribution is 5.99. The first kappa shape index (κ1) is 17.1. The first-order valence-corrected chi connectivity index (χ1v) is 9.22. The van der Waals surface area contributed by atoms with Crippen molar-refractivity contribution in [3.63, 3.8) is 0 Å². The van der Waals surface area contributed by atoms with Crippen molar-refractivity contribution >= 4 is 17.5 Å². The molecule has 0 fully saturated rings. The SMILES string of the molecule is O=C1Cc2cnc(NCc3cnn(-c4ccccc4)n3)nc2-c2ccccc2N1. The van der Waals surface area contributed by atoms with E-state index in [4.69, 9.17) is 0 Å². The molecule has 0 saturated carbocycles. The second-order valence-electron chi connectivity index (χ2n) is 6.65. The number of aromatic nitrogens is 5. The minimum atomic E-state index is -0.0713. The average molecular weight is 383 g/mol. The van der Waals surface area contributed by atoms with Crippen molar-refractivity contribution < 1.29 is 4.79 Å². The average Bonchev–Trinajstić information content (AvgIpc) is 3.18. The van der Waals surface area contributed by atoms with Gasteiger partial charge in [0.25, 0.3) is 0 Å². The molecule has 2 aromatic heterocycles. The molecule has 0 atom stereocenters. The van der Waals surface area contributed by atoms with Crippen LogP contribution < -0.4 is 10.6 Å². The highest BCUT2D eigenvalue weighted by Crippen LogP contribution is 2.32. The van der Waals surface area contributed by atoms with Crippen LogP contribution in [0.4, 0.5) is 11.6 Å². The second kappa shape index (κ2) is 7.16. The van der Waals surface area contributed by atoms with Gasteiger partial charge in [0.2, 0.25) is 11.9 Å². The summed E-state index contributed by atoms with van der Waals surface area (Å²) in [6.07, 6.45) is 3.66. The van der Waals surface area contributed by atoms with E-state index in [1.807, 2.05) is 54.6 Å². The van der Waals surface area contributed by atoms with Crippen LogP contribution >= 0.6 is 0 Å². The molecule has 142 valence electrons. The maximum Gasteiger partial charge on any atom is 0.228 e. The number of amides is 1. The van der Waals surface area contributed by atoms with E-state index in [2.05, 4.69) is 30.8 Å². The van der Waals surface area contributed by atoms with E-state index in [9.17, 15) is 4.79 Å². The molecule has 8 nitrogen and oxygen atoms in total. The standard InChI is InChI=1S/C21H17N7O/c29-19-10-14-11-22-21(26-20(14)17-8-4-5-9-18(17)25-19)23-12-15-13-24-28(27-15)16-6-2-1-3-7-16/h1-9,11,13H,10,12H2,(H,25,29)(H,22,23,26). The Morgan fingerprint density at radius 1 is 1.03 bits per heavy atom. The maximum absolute atomic E-state index is 12.1. The molecule has 2 aromatic carbocycles. The second-order valence-corrected chi connectivity index (χ2v) is 6.65. The van der Waals surface area contributed by atoms with Crippen LogP contribution in [0.3, 0.4) is 0 Å². The monoisotopic (exact) mass is 383 g/mol. The van der Waals surface area contributed by atoms with Crippen molar-refractivity contribution in [1.29, 1.82) is 0 Å². The highest BCUT2D eigenvalue weighted by Gasteiger charge is 2.20. The van der Waals surface area contributed by atoms with Crippen LogP contribution in [0.1, 0.15) is 11.3 Å². The molecule has 0 bridgehead atoms. The lowest BCUT2D eigenvalue weighted by Crippen LogP contribution is -2.13. The fourth-order valence-corrected chi connectivity index (χ4v) is 3.25. The Bertz CT molecular complexity index is 1190. The Morgan fingerprint density at radius 2 is 1.86 bits per heavy atom. The van der Waals surface area contributed by atoms with Crippen LogP contribution in [-0.4, -0.2) is 30.9 Å². The van der Waals surface area contributed by atoms with Gasteiger partial charge in [-0.3, -0.25) is 4.79 Å². The van der Waals surface area contributed by atoms with Crippen molar-refractivity contribution in [2.45, 2.75) is 13.0 Å². The number of carbonyl (C=O) groups is 1. The summed E-state index contributed by atoms with van der Waals surface area (Å²) >= 11 is 0. The first-order chi connectivity index (χ1) is 14.3. The molecule has 2 N–H and O–H groups in total. The van der Waals surface area contributed by atoms with Crippen molar-refractivity contribution in [3.05, 3.63) is 78.2 Å². The molecule has 5 rings (SSSR count). The van der Waals surface area contributed by atoms with Gasteiger partial charge in [0.05, 0.1) is 36.2 Å². The number of hydrogen-bond donors (Lipinski definition) is 2. The molecule has 1 aliphatic rings. The molecule has 0 spiro atoms. The molecule has 0 aliphatic carbocycles. The van der Waals surface area contributed by atoms with E-state index < -0.39 is 0 Å². The lowest BCUT2D eigenvalue weighted by atomic mass is 10.1. The van der Waals surface area contributed by atoms with Gasteiger partial charge >= 0.3 is 0 Å². The summed E-state index contributed by atoms with van der Waals surface area (Å²) in [5.41, 5.74) is 4.86. The molecule has 1 amide bonds. The van der Waals surface area contributed by atoms with Gasteiger partial charge < -0.3 is 10.6 Å². The third-order valence-corrected chi connectivity index (χ3v) is 4.63. The van der Waals surface area contributed by atoms with Crippen LogP contribution in [0.5, 0.6) is 0 Å². The number of nitrogens with one attached hydrogen (secondary N) is 2. The van der Waals surface area contributed by atoms with E-state index in [1.165, 1.54) is 0 Å². The lowest BCUT2D eigenvalue weighted by molar-refractivity contribution is -0.115. The van der Waals surface area contributed by atoms with Gasteiger partial charge in [-0.1, -0.05) is 36.4 Å². The number of para-hydroxylation sites is 2. The third kappa shape index (κ3) is 3.43. The molecule has 4 aromatic rings. The number of hydrogen-bond acceptors (Lipinski definition) is 6. The van der Waals surface area contributed by atoms with Crippen molar-refractivity contribution in [3.8, 4) is 16.9 Å². The Balaban J connectivity index is 1.39. The summed E-state index contributed by atoms with van der Waals surface area (Å²) in [5.74, 6) is 0.403. The Kier molecular flexibility index (Phi) is 4.21. The van der Waals surface area contributed by atoms with Crippen LogP contribution in [0.2, 0.25) is 0 Å². The molecule has 1 aliphatic heterocycles. The fourth-order valence-electron chi connectivity index (χ4n) is 3.25. The lowest BCUT2D eigenvalue weighted by Gasteiger charge is -2.09. The maximum atomic E-state index is 12.1. The molecule has 0 unspecified atom stereocenters. The summed E-state index contributed by atoms with van der Waals surface area (Å²) < 4.78 is 0. The highest BCUT2D eigenvalue weighted by atomic mass is 16.1. The summed E-state index contributed by atoms with van der Waals surface area (Å²) in [4.78, 5) is 22.7. The molecular weight excluding hydrogens is 366 g/mol. The predicted molar refractivity (Wildman–Crippen MR) is 108 cm³/mol. The first-order valence-electron chi connectivity index (χ1n) is 9.22. The molecule has 8 heteroatoms. The van der Waals surface area contributed by atoms with E-state index >= 15 is 0 Å². The van der Waals surface area contributed by atoms with Gasteiger partial charge in [0, 0.05) is 17.3 Å². The van der Waals surface area contributed by atoms with Gasteiger partial charge in [0.15, 0.2) is 0 Å². The molecule has 29 heavy (non-hydrogen) atoms. The third-order valence-electron chi connectivity index (χ3n) is 4.63. The van der Waals surface area contributed by atoms with E-state index in [-0.39, 0.29) is 12.3 Å². The Morgan fingerprint density at radius 3 is 2.76 bits per heavy atom. The number of benzene rings is 2. The summed E-state index contributed by atoms with van der Waals surface area (Å²) in [6, 6.07) is 17.4. The van der Waals surface area contributed by atoms with Gasteiger partial charge in [-0.2, -0.15) is 15.0 Å². The summed E-state index contributed by atoms with van der Waals surface area (Å²) in [7, 11) is 0. The van der Waals surface area contributed by atoms with Crippen LogP contribution in [-0.2, 0) is 17.8 Å². The molecule has 0 radical (unpaired) electrons. The van der Waals surface area contributed by atoms with Crippen LogP contribution in [0, 0.1) is 0 Å². The normalized spacial score (nSPS) is 12.5. The number of nitrogens with zero attached hydrogens (tertiary/aromatic N) is 5. The van der Waals surface area contributed by atoms with E-state index in [0.717, 1.165) is 33.9 Å². The molecule has 0 saturated heterocycles. The van der Waals surface area contributed by atoms with Crippen LogP contribution in [0.15, 0.2) is 67.0 Å². The quantitative estimate of drug-likeness (QED) is 0.562. The molecule has 3 heterocycles. The van der Waals surface area contributed by atoms with Crippen molar-refractivity contribution in [1.82, 2.24) is 25.0 Å². The zero-order chi connectivity index (χ0) is 19.6. The minimum absolute atomic E-state index is 0.0713. The molecular formula is C21H17N7O. The Hall–Kier alpha value is -4.07. The van der Waals surface area contributed by atoms with Gasteiger partial charge in [-0.15, -0.1) is 0 Å². The topological polar surface area (TPSA) is 97.6 Å². The zero-order valence-corrected chi connectivity index (χ0v) is 15.4. The predicted octanol–water partition coefficient (Wildman–Crippen LogP) is 2.83. The van der Waals surface area contributed by atoms with E-state index in [1.54, 1.807) is 17.2 Å². The van der Waals surface area contributed by atoms with Crippen molar-refractivity contribution in [2.75, 3.05) is 10.6 Å². The minimum Gasteiger partial charge on any atom is -0.348 e. The number of fused-ring (bicyclic) bond motifs is 3. The van der Waals surface area contributed by atoms with Gasteiger partial charge in [0.1, 0.15) is 5.69 Å². The number of carbonyl (C=O) groups excluding carboxylic acids is 1. The van der Waals surface area contributed by atoms with Crippen molar-refractivity contribution in [2.24, 2.45) is 0 Å². The zero-order valence-electron chi connectivity index (χ0n) is 15.4. The smallest absolute Gasteiger partial charge is 0.228 e. The van der Waals surface area contributed by atoms with Gasteiger partial charge in [-0.25, -0.2) is 9.97 Å². The van der Waals surface area contributed by atoms with Gasteiger partial charge in [-0.05, 0) is 18.2 Å². The number of rotatable bonds is 4. The Labute approximate surface area is 166 Å².